The Morgan fingerprint density at radius 2 is 2.15 bits per heavy atom. The molecule has 2 saturated heterocycles. The first-order valence-electron chi connectivity index (χ1n) is 6.67. The molecule has 2 N–H and O–H groups in total. The SMILES string of the molecule is Nc1c(C(=O)N2CC3CCC(C2)O3)sc2nnccc12. The van der Waals surface area contributed by atoms with Gasteiger partial charge in [0.25, 0.3) is 5.91 Å². The van der Waals surface area contributed by atoms with Crippen molar-refractivity contribution in [1.29, 1.82) is 0 Å². The first-order chi connectivity index (χ1) is 9.72. The molecule has 2 aliphatic rings. The molecule has 0 spiro atoms. The Morgan fingerprint density at radius 1 is 1.40 bits per heavy atom. The van der Waals surface area contributed by atoms with Crippen LogP contribution in [-0.2, 0) is 4.74 Å². The van der Waals surface area contributed by atoms with Crippen molar-refractivity contribution in [3.05, 3.63) is 17.1 Å². The summed E-state index contributed by atoms with van der Waals surface area (Å²) in [6.07, 6.45) is 4.05. The van der Waals surface area contributed by atoms with Crippen LogP contribution in [0.3, 0.4) is 0 Å². The van der Waals surface area contributed by atoms with E-state index in [1.54, 1.807) is 12.3 Å². The number of rotatable bonds is 1. The van der Waals surface area contributed by atoms with Gasteiger partial charge in [-0.1, -0.05) is 0 Å². The predicted molar refractivity (Wildman–Crippen MR) is 75.6 cm³/mol. The number of aromatic nitrogens is 2. The number of ether oxygens (including phenoxy) is 1. The molecule has 0 aliphatic carbocycles. The molecule has 2 fully saturated rings. The lowest BCUT2D eigenvalue weighted by Gasteiger charge is -2.31. The molecule has 2 atom stereocenters. The van der Waals surface area contributed by atoms with Crippen LogP contribution >= 0.6 is 11.3 Å². The summed E-state index contributed by atoms with van der Waals surface area (Å²) in [7, 11) is 0. The van der Waals surface area contributed by atoms with Crippen LogP contribution in [0.15, 0.2) is 12.3 Å². The molecule has 104 valence electrons. The quantitative estimate of drug-likeness (QED) is 0.855. The highest BCUT2D eigenvalue weighted by atomic mass is 32.1. The maximum Gasteiger partial charge on any atom is 0.266 e. The van der Waals surface area contributed by atoms with E-state index in [-0.39, 0.29) is 18.1 Å². The first-order valence-corrected chi connectivity index (χ1v) is 7.48. The van der Waals surface area contributed by atoms with E-state index < -0.39 is 0 Å². The minimum Gasteiger partial charge on any atom is -0.397 e. The van der Waals surface area contributed by atoms with Crippen molar-refractivity contribution in [2.45, 2.75) is 25.0 Å². The van der Waals surface area contributed by atoms with Crippen molar-refractivity contribution >= 4 is 33.1 Å². The summed E-state index contributed by atoms with van der Waals surface area (Å²) in [6.45, 7) is 1.32. The number of anilines is 1. The third-order valence-electron chi connectivity index (χ3n) is 3.95. The molecule has 0 aromatic carbocycles. The highest BCUT2D eigenvalue weighted by Crippen LogP contribution is 2.34. The van der Waals surface area contributed by atoms with Crippen LogP contribution in [0.4, 0.5) is 5.69 Å². The number of morpholine rings is 1. The molecule has 2 aliphatic heterocycles. The first kappa shape index (κ1) is 12.0. The average Bonchev–Trinajstić information content (AvgIpc) is 2.99. The third kappa shape index (κ3) is 1.77. The van der Waals surface area contributed by atoms with Gasteiger partial charge in [0.15, 0.2) is 0 Å². The molecule has 1 amide bonds. The lowest BCUT2D eigenvalue weighted by Crippen LogP contribution is -2.45. The van der Waals surface area contributed by atoms with E-state index in [2.05, 4.69) is 10.2 Å². The highest BCUT2D eigenvalue weighted by molar-refractivity contribution is 7.21. The number of hydrogen-bond donors (Lipinski definition) is 1. The second kappa shape index (κ2) is 4.39. The average molecular weight is 290 g/mol. The van der Waals surface area contributed by atoms with Crippen molar-refractivity contribution in [3.63, 3.8) is 0 Å². The Morgan fingerprint density at radius 3 is 2.85 bits per heavy atom. The van der Waals surface area contributed by atoms with E-state index in [0.717, 1.165) is 18.2 Å². The Balaban J connectivity index is 1.68. The monoisotopic (exact) mass is 290 g/mol. The number of carbonyl (C=O) groups excluding carboxylic acids is 1. The molecule has 0 saturated carbocycles. The van der Waals surface area contributed by atoms with Crippen molar-refractivity contribution in [1.82, 2.24) is 15.1 Å². The number of hydrogen-bond acceptors (Lipinski definition) is 6. The Labute approximate surface area is 119 Å². The van der Waals surface area contributed by atoms with Crippen LogP contribution in [0, 0.1) is 0 Å². The summed E-state index contributed by atoms with van der Waals surface area (Å²) in [5.41, 5.74) is 6.61. The fourth-order valence-corrected chi connectivity index (χ4v) is 3.96. The minimum absolute atomic E-state index is 0.00861. The van der Waals surface area contributed by atoms with Crippen molar-refractivity contribution < 1.29 is 9.53 Å². The molecule has 4 heterocycles. The van der Waals surface area contributed by atoms with Gasteiger partial charge < -0.3 is 15.4 Å². The number of amides is 1. The molecule has 20 heavy (non-hydrogen) atoms. The summed E-state index contributed by atoms with van der Waals surface area (Å²) in [5.74, 6) is -0.00861. The minimum atomic E-state index is -0.00861. The van der Waals surface area contributed by atoms with Gasteiger partial charge in [-0.2, -0.15) is 5.10 Å². The van der Waals surface area contributed by atoms with E-state index in [9.17, 15) is 4.79 Å². The lowest BCUT2D eigenvalue weighted by molar-refractivity contribution is -0.0301. The number of nitrogens with two attached hydrogens (primary N) is 1. The van der Waals surface area contributed by atoms with Crippen LogP contribution in [0.2, 0.25) is 0 Å². The number of likely N-dealkylation sites (tertiary alicyclic amines) is 1. The number of nitrogens with zero attached hydrogens (tertiary/aromatic N) is 3. The molecule has 7 heteroatoms. The fraction of sp³-hybridized carbons (Fsp3) is 0.462. The molecule has 2 aromatic heterocycles. The largest absolute Gasteiger partial charge is 0.397 e. The van der Waals surface area contributed by atoms with E-state index in [4.69, 9.17) is 10.5 Å². The zero-order valence-electron chi connectivity index (χ0n) is 10.8. The smallest absolute Gasteiger partial charge is 0.266 e. The fourth-order valence-electron chi connectivity index (χ4n) is 2.96. The van der Waals surface area contributed by atoms with Crippen LogP contribution in [-0.4, -0.2) is 46.3 Å². The standard InChI is InChI=1S/C13H14N4O2S/c14-10-9-3-4-15-16-12(9)20-11(10)13(18)17-5-7-1-2-8(6-17)19-7/h3-4,7-8H,1-2,5-6,14H2. The third-order valence-corrected chi connectivity index (χ3v) is 5.04. The molecule has 6 nitrogen and oxygen atoms in total. The zero-order valence-corrected chi connectivity index (χ0v) is 11.6. The topological polar surface area (TPSA) is 81.3 Å². The van der Waals surface area contributed by atoms with E-state index in [1.807, 2.05) is 4.90 Å². The number of thiophene rings is 1. The van der Waals surface area contributed by atoms with Crippen LogP contribution < -0.4 is 5.73 Å². The maximum absolute atomic E-state index is 12.7. The maximum atomic E-state index is 12.7. The molecule has 0 radical (unpaired) electrons. The summed E-state index contributed by atoms with van der Waals surface area (Å²) in [5, 5.41) is 8.67. The lowest BCUT2D eigenvalue weighted by atomic mass is 10.2. The van der Waals surface area contributed by atoms with E-state index in [1.165, 1.54) is 11.3 Å². The summed E-state index contributed by atoms with van der Waals surface area (Å²) in [6, 6.07) is 1.80. The second-order valence-corrected chi connectivity index (χ2v) is 6.26. The van der Waals surface area contributed by atoms with Gasteiger partial charge in [0, 0.05) is 18.5 Å². The summed E-state index contributed by atoms with van der Waals surface area (Å²) < 4.78 is 5.76. The molecular weight excluding hydrogens is 276 g/mol. The molecule has 2 aromatic rings. The van der Waals surface area contributed by atoms with Crippen LogP contribution in [0.25, 0.3) is 10.2 Å². The Kier molecular flexibility index (Phi) is 2.64. The Hall–Kier alpha value is -1.73. The molecule has 4 rings (SSSR count). The molecule has 2 unspecified atom stereocenters. The number of nitrogen functional groups attached to an aromatic ring is 1. The molecular formula is C13H14N4O2S. The van der Waals surface area contributed by atoms with Crippen molar-refractivity contribution in [3.8, 4) is 0 Å². The summed E-state index contributed by atoms with van der Waals surface area (Å²) in [4.78, 5) is 15.8. The van der Waals surface area contributed by atoms with E-state index in [0.29, 0.717) is 28.5 Å². The van der Waals surface area contributed by atoms with Gasteiger partial charge in [-0.05, 0) is 18.9 Å². The van der Waals surface area contributed by atoms with Gasteiger partial charge in [-0.15, -0.1) is 16.4 Å². The second-order valence-electron chi connectivity index (χ2n) is 5.26. The highest BCUT2D eigenvalue weighted by Gasteiger charge is 2.37. The van der Waals surface area contributed by atoms with Gasteiger partial charge in [0.05, 0.1) is 24.1 Å². The van der Waals surface area contributed by atoms with Gasteiger partial charge in [0.2, 0.25) is 0 Å². The van der Waals surface area contributed by atoms with Crippen LogP contribution in [0.5, 0.6) is 0 Å². The van der Waals surface area contributed by atoms with Gasteiger partial charge in [-0.25, -0.2) is 0 Å². The number of carbonyl (C=O) groups is 1. The van der Waals surface area contributed by atoms with Crippen molar-refractivity contribution in [2.75, 3.05) is 18.8 Å². The Bertz CT molecular complexity index is 674. The van der Waals surface area contributed by atoms with Gasteiger partial charge in [-0.3, -0.25) is 4.79 Å². The summed E-state index contributed by atoms with van der Waals surface area (Å²) >= 11 is 1.32. The normalized spacial score (nSPS) is 25.3. The zero-order chi connectivity index (χ0) is 13.7. The van der Waals surface area contributed by atoms with Crippen molar-refractivity contribution in [2.24, 2.45) is 0 Å². The van der Waals surface area contributed by atoms with Gasteiger partial charge in [0.1, 0.15) is 9.71 Å². The van der Waals surface area contributed by atoms with Crippen LogP contribution in [0.1, 0.15) is 22.5 Å². The number of fused-ring (bicyclic) bond motifs is 3. The van der Waals surface area contributed by atoms with E-state index >= 15 is 0 Å². The molecule has 2 bridgehead atoms. The van der Waals surface area contributed by atoms with Gasteiger partial charge >= 0.3 is 0 Å². The predicted octanol–water partition coefficient (Wildman–Crippen LogP) is 1.28.